The minimum absolute atomic E-state index is 0.0177. The van der Waals surface area contributed by atoms with Crippen molar-refractivity contribution in [1.82, 2.24) is 9.80 Å². The summed E-state index contributed by atoms with van der Waals surface area (Å²) in [6, 6.07) is 8.65. The Hall–Kier alpha value is -2.53. The molecule has 148 valence electrons. The van der Waals surface area contributed by atoms with Gasteiger partial charge in [-0.05, 0) is 61.8 Å². The van der Waals surface area contributed by atoms with E-state index in [1.807, 2.05) is 30.2 Å². The highest BCUT2D eigenvalue weighted by molar-refractivity contribution is 5.92. The first-order valence-electron chi connectivity index (χ1n) is 9.79. The molecule has 1 aromatic heterocycles. The van der Waals surface area contributed by atoms with E-state index in [1.54, 1.807) is 25.7 Å². The average Bonchev–Trinajstić information content (AvgIpc) is 3.22. The van der Waals surface area contributed by atoms with Gasteiger partial charge in [-0.15, -0.1) is 0 Å². The third kappa shape index (κ3) is 3.04. The van der Waals surface area contributed by atoms with Crippen molar-refractivity contribution in [2.75, 3.05) is 27.7 Å². The molecule has 0 N–H and O–H groups in total. The predicted molar refractivity (Wildman–Crippen MR) is 109 cm³/mol. The maximum atomic E-state index is 13.0. The van der Waals surface area contributed by atoms with Crippen LogP contribution >= 0.6 is 0 Å². The van der Waals surface area contributed by atoms with Gasteiger partial charge in [0.2, 0.25) is 5.91 Å². The Morgan fingerprint density at radius 2 is 2.21 bits per heavy atom. The number of hydrogen-bond acceptors (Lipinski definition) is 4. The quantitative estimate of drug-likeness (QED) is 0.763. The highest BCUT2D eigenvalue weighted by atomic mass is 16.5. The minimum Gasteiger partial charge on any atom is -0.497 e. The van der Waals surface area contributed by atoms with Gasteiger partial charge in [-0.25, -0.2) is 0 Å². The number of methoxy groups -OCH3 is 1. The number of likely N-dealkylation sites (tertiary alicyclic amines) is 1. The molecular weight excluding hydrogens is 352 g/mol. The molecule has 4 rings (SSSR count). The number of carbonyl (C=O) groups excluding carboxylic acids is 1. The van der Waals surface area contributed by atoms with Crippen LogP contribution in [0.5, 0.6) is 5.75 Å². The van der Waals surface area contributed by atoms with E-state index >= 15 is 0 Å². The predicted octanol–water partition coefficient (Wildman–Crippen LogP) is 3.35. The summed E-state index contributed by atoms with van der Waals surface area (Å²) < 4.78 is 10.6. The van der Waals surface area contributed by atoms with E-state index in [2.05, 4.69) is 31.0 Å². The Bertz CT molecular complexity index is 889. The molecule has 1 saturated heterocycles. The van der Waals surface area contributed by atoms with Gasteiger partial charge in [-0.2, -0.15) is 0 Å². The number of likely N-dealkylation sites (N-methyl/N-ethyl adjacent to an activating group) is 2. The fourth-order valence-corrected chi connectivity index (χ4v) is 5.04. The maximum Gasteiger partial charge on any atom is 0.246 e. The summed E-state index contributed by atoms with van der Waals surface area (Å²) in [5.41, 5.74) is 3.47. The Labute approximate surface area is 166 Å². The van der Waals surface area contributed by atoms with Crippen molar-refractivity contribution in [3.8, 4) is 5.75 Å². The molecule has 1 aliphatic heterocycles. The van der Waals surface area contributed by atoms with E-state index < -0.39 is 0 Å². The molecule has 2 aliphatic rings. The van der Waals surface area contributed by atoms with Crippen molar-refractivity contribution in [1.29, 1.82) is 0 Å². The third-order valence-electron chi connectivity index (χ3n) is 6.66. The maximum absolute atomic E-state index is 13.0. The zero-order valence-electron chi connectivity index (χ0n) is 17.0. The zero-order valence-corrected chi connectivity index (χ0v) is 17.0. The first kappa shape index (κ1) is 18.8. The number of benzene rings is 1. The van der Waals surface area contributed by atoms with E-state index in [0.717, 1.165) is 30.7 Å². The summed E-state index contributed by atoms with van der Waals surface area (Å²) >= 11 is 0. The van der Waals surface area contributed by atoms with Crippen LogP contribution in [0.1, 0.15) is 30.0 Å². The molecule has 2 heterocycles. The Kier molecular flexibility index (Phi) is 4.79. The van der Waals surface area contributed by atoms with Crippen LogP contribution in [0.25, 0.3) is 6.08 Å². The molecule has 3 atom stereocenters. The second kappa shape index (κ2) is 7.13. The van der Waals surface area contributed by atoms with E-state index in [1.165, 1.54) is 11.1 Å². The van der Waals surface area contributed by atoms with Crippen LogP contribution in [-0.2, 0) is 16.6 Å². The molecule has 1 aliphatic carbocycles. The van der Waals surface area contributed by atoms with E-state index in [9.17, 15) is 4.79 Å². The number of piperidine rings is 1. The summed E-state index contributed by atoms with van der Waals surface area (Å²) in [4.78, 5) is 17.4. The number of nitrogens with zero attached hydrogens (tertiary/aromatic N) is 2. The second-order valence-corrected chi connectivity index (χ2v) is 8.23. The van der Waals surface area contributed by atoms with Crippen molar-refractivity contribution >= 4 is 12.0 Å². The van der Waals surface area contributed by atoms with Crippen molar-refractivity contribution in [3.05, 3.63) is 59.6 Å². The highest BCUT2D eigenvalue weighted by Gasteiger charge is 2.52. The van der Waals surface area contributed by atoms with Crippen LogP contribution in [0, 0.1) is 0 Å². The van der Waals surface area contributed by atoms with Crippen LogP contribution in [0.2, 0.25) is 0 Å². The molecule has 2 bridgehead atoms. The first-order valence-corrected chi connectivity index (χ1v) is 9.79. The lowest BCUT2D eigenvalue weighted by molar-refractivity contribution is -0.132. The largest absolute Gasteiger partial charge is 0.497 e. The second-order valence-electron chi connectivity index (χ2n) is 8.23. The van der Waals surface area contributed by atoms with E-state index in [-0.39, 0.29) is 17.4 Å². The molecule has 5 heteroatoms. The average molecular weight is 380 g/mol. The van der Waals surface area contributed by atoms with Gasteiger partial charge in [-0.3, -0.25) is 4.79 Å². The molecule has 0 radical (unpaired) electrons. The van der Waals surface area contributed by atoms with E-state index in [0.29, 0.717) is 6.04 Å². The van der Waals surface area contributed by atoms with Gasteiger partial charge in [0.15, 0.2) is 0 Å². The minimum atomic E-state index is -0.104. The van der Waals surface area contributed by atoms with Crippen molar-refractivity contribution in [3.63, 3.8) is 0 Å². The van der Waals surface area contributed by atoms with Crippen molar-refractivity contribution in [2.45, 2.75) is 37.3 Å². The Morgan fingerprint density at radius 3 is 2.93 bits per heavy atom. The summed E-state index contributed by atoms with van der Waals surface area (Å²) in [7, 11) is 5.81. The Morgan fingerprint density at radius 1 is 1.39 bits per heavy atom. The molecule has 3 unspecified atom stereocenters. The molecule has 1 amide bonds. The van der Waals surface area contributed by atoms with Crippen LogP contribution < -0.4 is 4.74 Å². The summed E-state index contributed by atoms with van der Waals surface area (Å²) in [6.07, 6.45) is 8.65. The summed E-state index contributed by atoms with van der Waals surface area (Å²) in [6.45, 7) is 3.33. The van der Waals surface area contributed by atoms with Crippen LogP contribution in [0.3, 0.4) is 0 Å². The topological polar surface area (TPSA) is 45.9 Å². The number of carbonyl (C=O) groups is 1. The smallest absolute Gasteiger partial charge is 0.246 e. The molecule has 2 aromatic rings. The first-order chi connectivity index (χ1) is 13.4. The number of rotatable bonds is 4. The van der Waals surface area contributed by atoms with Crippen LogP contribution in [0.4, 0.5) is 0 Å². The normalized spacial score (nSPS) is 26.9. The lowest BCUT2D eigenvalue weighted by atomic mass is 9.61. The molecular formula is C23H28N2O3. The van der Waals surface area contributed by atoms with Gasteiger partial charge >= 0.3 is 0 Å². The number of amides is 1. The van der Waals surface area contributed by atoms with Gasteiger partial charge < -0.3 is 19.0 Å². The lowest BCUT2D eigenvalue weighted by Gasteiger charge is -2.57. The Balaban J connectivity index is 1.69. The molecule has 0 saturated carbocycles. The third-order valence-corrected chi connectivity index (χ3v) is 6.66. The standard InChI is InChI=1S/C23H28N2O3/c1-23-10-11-24(2)20(13-17-6-7-18(27-4)14-19(17)23)22(23)25(3)21(26)8-5-16-9-12-28-15-16/h5-9,12,14-15,20,22H,10-11,13H2,1-4H3. The van der Waals surface area contributed by atoms with Crippen LogP contribution in [0.15, 0.2) is 47.3 Å². The number of furan rings is 1. The fourth-order valence-electron chi connectivity index (χ4n) is 5.04. The molecule has 0 spiro atoms. The fraction of sp³-hybridized carbons (Fsp3) is 0.435. The lowest BCUT2D eigenvalue weighted by Crippen LogP contribution is -2.67. The van der Waals surface area contributed by atoms with Gasteiger partial charge in [-0.1, -0.05) is 13.0 Å². The van der Waals surface area contributed by atoms with Crippen molar-refractivity contribution in [2.24, 2.45) is 0 Å². The molecule has 28 heavy (non-hydrogen) atoms. The monoisotopic (exact) mass is 380 g/mol. The van der Waals surface area contributed by atoms with Crippen LogP contribution in [-0.4, -0.2) is 55.5 Å². The molecule has 5 nitrogen and oxygen atoms in total. The van der Waals surface area contributed by atoms with E-state index in [4.69, 9.17) is 9.15 Å². The number of ether oxygens (including phenoxy) is 1. The van der Waals surface area contributed by atoms with Gasteiger partial charge in [0.05, 0.1) is 25.7 Å². The summed E-state index contributed by atoms with van der Waals surface area (Å²) in [5.74, 6) is 0.897. The number of hydrogen-bond donors (Lipinski definition) is 0. The van der Waals surface area contributed by atoms with Gasteiger partial charge in [0, 0.05) is 30.1 Å². The highest BCUT2D eigenvalue weighted by Crippen LogP contribution is 2.47. The zero-order chi connectivity index (χ0) is 19.9. The number of fused-ring (bicyclic) bond motifs is 4. The van der Waals surface area contributed by atoms with Gasteiger partial charge in [0.1, 0.15) is 5.75 Å². The van der Waals surface area contributed by atoms with Gasteiger partial charge in [0.25, 0.3) is 0 Å². The summed E-state index contributed by atoms with van der Waals surface area (Å²) in [5, 5.41) is 0. The van der Waals surface area contributed by atoms with Crippen molar-refractivity contribution < 1.29 is 13.9 Å². The molecule has 1 fully saturated rings. The molecule has 1 aromatic carbocycles. The SMILES string of the molecule is COc1ccc2c(c1)C1(C)CCN(C)C(C2)C1N(C)C(=O)C=Cc1ccoc1.